The third-order valence-electron chi connectivity index (χ3n) is 3.23. The van der Waals surface area contributed by atoms with Crippen LogP contribution in [0.3, 0.4) is 0 Å². The average Bonchev–Trinajstić information content (AvgIpc) is 2.51. The van der Waals surface area contributed by atoms with Crippen molar-refractivity contribution in [2.45, 2.75) is 0 Å². The highest BCUT2D eigenvalue weighted by atomic mass is 16.6. The number of nitro benzene ring substituents is 1. The summed E-state index contributed by atoms with van der Waals surface area (Å²) in [5.41, 5.74) is -0.909. The Bertz CT molecular complexity index is 946. The lowest BCUT2D eigenvalue weighted by atomic mass is 10.1. The van der Waals surface area contributed by atoms with Gasteiger partial charge in [-0.05, 0) is 11.6 Å². The predicted octanol–water partition coefficient (Wildman–Crippen LogP) is 2.78. The zero-order chi connectivity index (χ0) is 15.9. The Morgan fingerprint density at radius 1 is 1.05 bits per heavy atom. The van der Waals surface area contributed by atoms with E-state index in [2.05, 4.69) is 0 Å². The summed E-state index contributed by atoms with van der Waals surface area (Å²) >= 11 is 0. The van der Waals surface area contributed by atoms with Gasteiger partial charge >= 0.3 is 11.3 Å². The van der Waals surface area contributed by atoms with Gasteiger partial charge in [0.15, 0.2) is 5.58 Å². The molecule has 3 rings (SSSR count). The molecule has 0 aliphatic carbocycles. The standard InChI is InChI=1S/C15H9NO6/c17-12-11(16(20)21)7-9-6-10(8-4-2-1-3-5-8)15(19)22-14(9)13(12)18/h1-7,17-18H. The quantitative estimate of drug-likeness (QED) is 0.325. The lowest BCUT2D eigenvalue weighted by Gasteiger charge is -2.05. The van der Waals surface area contributed by atoms with E-state index in [1.165, 1.54) is 6.07 Å². The Hall–Kier alpha value is -3.35. The van der Waals surface area contributed by atoms with Gasteiger partial charge in [-0.1, -0.05) is 30.3 Å². The summed E-state index contributed by atoms with van der Waals surface area (Å²) in [6, 6.07) is 11.0. The summed E-state index contributed by atoms with van der Waals surface area (Å²) in [7, 11) is 0. The average molecular weight is 299 g/mol. The third-order valence-corrected chi connectivity index (χ3v) is 3.23. The summed E-state index contributed by atoms with van der Waals surface area (Å²) in [4.78, 5) is 22.1. The van der Waals surface area contributed by atoms with E-state index in [0.717, 1.165) is 6.07 Å². The minimum Gasteiger partial charge on any atom is -0.501 e. The first-order chi connectivity index (χ1) is 10.5. The molecule has 1 aromatic heterocycles. The largest absolute Gasteiger partial charge is 0.501 e. The van der Waals surface area contributed by atoms with Crippen LogP contribution in [0.2, 0.25) is 0 Å². The van der Waals surface area contributed by atoms with Gasteiger partial charge in [-0.25, -0.2) is 4.79 Å². The molecule has 2 aromatic carbocycles. The molecule has 0 aliphatic heterocycles. The first-order valence-electron chi connectivity index (χ1n) is 6.21. The smallest absolute Gasteiger partial charge is 0.344 e. The van der Waals surface area contributed by atoms with Crippen LogP contribution in [0.4, 0.5) is 5.69 Å². The Morgan fingerprint density at radius 2 is 1.73 bits per heavy atom. The Balaban J connectivity index is 2.36. The number of benzene rings is 2. The van der Waals surface area contributed by atoms with E-state index < -0.39 is 27.7 Å². The molecule has 22 heavy (non-hydrogen) atoms. The van der Waals surface area contributed by atoms with E-state index in [1.54, 1.807) is 30.3 Å². The fraction of sp³-hybridized carbons (Fsp3) is 0. The van der Waals surface area contributed by atoms with Gasteiger partial charge < -0.3 is 14.6 Å². The number of rotatable bonds is 2. The Morgan fingerprint density at radius 3 is 2.36 bits per heavy atom. The van der Waals surface area contributed by atoms with Crippen molar-refractivity contribution in [2.24, 2.45) is 0 Å². The topological polar surface area (TPSA) is 114 Å². The minimum atomic E-state index is -0.937. The number of phenols is 2. The molecule has 110 valence electrons. The van der Waals surface area contributed by atoms with Crippen LogP contribution in [0.25, 0.3) is 22.1 Å². The zero-order valence-electron chi connectivity index (χ0n) is 11.0. The highest BCUT2D eigenvalue weighted by molar-refractivity contribution is 5.91. The maximum absolute atomic E-state index is 12.0. The second-order valence-electron chi connectivity index (χ2n) is 4.58. The summed E-state index contributed by atoms with van der Waals surface area (Å²) in [5, 5.41) is 30.4. The van der Waals surface area contributed by atoms with Crippen LogP contribution in [0.15, 0.2) is 51.7 Å². The molecule has 0 spiro atoms. The van der Waals surface area contributed by atoms with Crippen LogP contribution in [0.5, 0.6) is 11.5 Å². The van der Waals surface area contributed by atoms with Crippen LogP contribution in [-0.2, 0) is 0 Å². The summed E-state index contributed by atoms with van der Waals surface area (Å²) in [5.74, 6) is -1.77. The van der Waals surface area contributed by atoms with Gasteiger partial charge in [-0.15, -0.1) is 0 Å². The van der Waals surface area contributed by atoms with Crippen LogP contribution >= 0.6 is 0 Å². The lowest BCUT2D eigenvalue weighted by molar-refractivity contribution is -0.385. The maximum atomic E-state index is 12.0. The maximum Gasteiger partial charge on any atom is 0.344 e. The first-order valence-corrected chi connectivity index (χ1v) is 6.21. The molecule has 0 radical (unpaired) electrons. The van der Waals surface area contributed by atoms with E-state index in [4.69, 9.17) is 4.42 Å². The van der Waals surface area contributed by atoms with Gasteiger partial charge in [0.1, 0.15) is 0 Å². The summed E-state index contributed by atoms with van der Waals surface area (Å²) < 4.78 is 5.01. The molecule has 0 atom stereocenters. The van der Waals surface area contributed by atoms with Crippen molar-refractivity contribution in [3.05, 3.63) is 63.0 Å². The lowest BCUT2D eigenvalue weighted by Crippen LogP contribution is -2.03. The number of fused-ring (bicyclic) bond motifs is 1. The minimum absolute atomic E-state index is 0.139. The highest BCUT2D eigenvalue weighted by Gasteiger charge is 2.23. The van der Waals surface area contributed by atoms with E-state index >= 15 is 0 Å². The number of nitrogens with zero attached hydrogens (tertiary/aromatic N) is 1. The molecule has 7 nitrogen and oxygen atoms in total. The van der Waals surface area contributed by atoms with Crippen molar-refractivity contribution in [3.63, 3.8) is 0 Å². The van der Waals surface area contributed by atoms with Crippen LogP contribution in [0, 0.1) is 10.1 Å². The van der Waals surface area contributed by atoms with Crippen LogP contribution < -0.4 is 5.63 Å². The molecule has 0 saturated heterocycles. The van der Waals surface area contributed by atoms with Crippen molar-refractivity contribution in [1.82, 2.24) is 0 Å². The fourth-order valence-electron chi connectivity index (χ4n) is 2.18. The van der Waals surface area contributed by atoms with Crippen LogP contribution in [0.1, 0.15) is 0 Å². The highest BCUT2D eigenvalue weighted by Crippen LogP contribution is 2.41. The molecule has 0 bridgehead atoms. The number of nitro groups is 1. The molecular formula is C15H9NO6. The molecular weight excluding hydrogens is 290 g/mol. The second-order valence-corrected chi connectivity index (χ2v) is 4.58. The van der Waals surface area contributed by atoms with E-state index in [1.807, 2.05) is 0 Å². The van der Waals surface area contributed by atoms with Gasteiger partial charge in [0.2, 0.25) is 11.5 Å². The molecule has 0 saturated carbocycles. The monoisotopic (exact) mass is 299 g/mol. The van der Waals surface area contributed by atoms with Gasteiger partial charge in [0, 0.05) is 11.5 Å². The number of phenolic OH excluding ortho intramolecular Hbond substituents is 2. The second kappa shape index (κ2) is 4.88. The molecule has 0 amide bonds. The zero-order valence-corrected chi connectivity index (χ0v) is 11.0. The van der Waals surface area contributed by atoms with E-state index in [9.17, 15) is 25.1 Å². The molecule has 0 unspecified atom stereocenters. The van der Waals surface area contributed by atoms with Gasteiger partial charge in [-0.3, -0.25) is 10.1 Å². The van der Waals surface area contributed by atoms with Gasteiger partial charge in [0.25, 0.3) is 0 Å². The van der Waals surface area contributed by atoms with Crippen molar-refractivity contribution >= 4 is 16.7 Å². The van der Waals surface area contributed by atoms with E-state index in [0.29, 0.717) is 5.56 Å². The normalized spacial score (nSPS) is 10.7. The molecule has 2 N–H and O–H groups in total. The van der Waals surface area contributed by atoms with E-state index in [-0.39, 0.29) is 16.5 Å². The Kier molecular flexibility index (Phi) is 3.03. The molecule has 7 heteroatoms. The molecule has 0 fully saturated rings. The van der Waals surface area contributed by atoms with Crippen LogP contribution in [-0.4, -0.2) is 15.1 Å². The Labute approximate surface area is 122 Å². The molecule has 1 heterocycles. The first kappa shape index (κ1) is 13.6. The predicted molar refractivity (Wildman–Crippen MR) is 77.9 cm³/mol. The van der Waals surface area contributed by atoms with Crippen molar-refractivity contribution in [2.75, 3.05) is 0 Å². The number of aromatic hydroxyl groups is 2. The SMILES string of the molecule is O=c1oc2c(O)c(O)c([N+](=O)[O-])cc2cc1-c1ccccc1. The summed E-state index contributed by atoms with van der Waals surface area (Å²) in [6.07, 6.45) is 0. The fourth-order valence-corrected chi connectivity index (χ4v) is 2.18. The van der Waals surface area contributed by atoms with Crippen molar-refractivity contribution in [1.29, 1.82) is 0 Å². The molecule has 3 aromatic rings. The third kappa shape index (κ3) is 2.05. The summed E-state index contributed by atoms with van der Waals surface area (Å²) in [6.45, 7) is 0. The number of hydrogen-bond acceptors (Lipinski definition) is 6. The van der Waals surface area contributed by atoms with Crippen molar-refractivity contribution < 1.29 is 19.6 Å². The molecule has 0 aliphatic rings. The van der Waals surface area contributed by atoms with Gasteiger partial charge in [-0.2, -0.15) is 0 Å². The number of hydrogen-bond donors (Lipinski definition) is 2. The van der Waals surface area contributed by atoms with Gasteiger partial charge in [0.05, 0.1) is 10.5 Å². The van der Waals surface area contributed by atoms with Crippen molar-refractivity contribution in [3.8, 4) is 22.6 Å².